The summed E-state index contributed by atoms with van der Waals surface area (Å²) in [6.07, 6.45) is 2.15. The molecular formula is C11H21N3O. The first-order valence-corrected chi connectivity index (χ1v) is 5.43. The summed E-state index contributed by atoms with van der Waals surface area (Å²) in [6.45, 7) is 8.90. The van der Waals surface area contributed by atoms with E-state index in [1.165, 1.54) is 5.69 Å². The summed E-state index contributed by atoms with van der Waals surface area (Å²) in [6, 6.07) is 0. The molecule has 0 fully saturated rings. The first-order valence-electron chi connectivity index (χ1n) is 5.43. The van der Waals surface area contributed by atoms with Crippen molar-refractivity contribution >= 4 is 0 Å². The van der Waals surface area contributed by atoms with E-state index in [4.69, 9.17) is 4.74 Å². The van der Waals surface area contributed by atoms with Crippen molar-refractivity contribution in [3.63, 3.8) is 0 Å². The Morgan fingerprint density at radius 3 is 2.93 bits per heavy atom. The number of ether oxygens (including phenoxy) is 1. The maximum Gasteiger partial charge on any atom is 0.105 e. The van der Waals surface area contributed by atoms with Crippen molar-refractivity contribution in [1.82, 2.24) is 14.9 Å². The highest BCUT2D eigenvalue weighted by Gasteiger charge is 2.09. The van der Waals surface area contributed by atoms with Crippen molar-refractivity contribution in [3.05, 3.63) is 17.7 Å². The van der Waals surface area contributed by atoms with E-state index in [1.807, 2.05) is 13.1 Å². The molecule has 86 valence electrons. The molecule has 0 saturated carbocycles. The molecule has 1 aromatic heterocycles. The summed E-state index contributed by atoms with van der Waals surface area (Å²) in [5, 5.41) is 3.31. The monoisotopic (exact) mass is 211 g/mol. The van der Waals surface area contributed by atoms with Crippen molar-refractivity contribution in [1.29, 1.82) is 0 Å². The van der Waals surface area contributed by atoms with Gasteiger partial charge in [-0.05, 0) is 20.4 Å². The fraction of sp³-hybridized carbons (Fsp3) is 0.727. The van der Waals surface area contributed by atoms with Gasteiger partial charge in [-0.15, -0.1) is 0 Å². The molecule has 0 radical (unpaired) electrons. The topological polar surface area (TPSA) is 39.1 Å². The molecule has 1 N–H and O–H groups in total. The molecule has 1 aromatic rings. The molecule has 0 saturated heterocycles. The molecule has 1 atom stereocenters. The van der Waals surface area contributed by atoms with Gasteiger partial charge in [0.15, 0.2) is 0 Å². The molecule has 0 aromatic carbocycles. The van der Waals surface area contributed by atoms with Crippen molar-refractivity contribution in [2.45, 2.75) is 40.0 Å². The van der Waals surface area contributed by atoms with Gasteiger partial charge in [0.05, 0.1) is 18.3 Å². The molecule has 0 aliphatic carbocycles. The van der Waals surface area contributed by atoms with Crippen LogP contribution in [0.25, 0.3) is 0 Å². The van der Waals surface area contributed by atoms with Crippen LogP contribution in [0.4, 0.5) is 0 Å². The summed E-state index contributed by atoms with van der Waals surface area (Å²) in [4.78, 5) is 4.32. The zero-order chi connectivity index (χ0) is 11.3. The highest BCUT2D eigenvalue weighted by atomic mass is 16.5. The maximum atomic E-state index is 5.27. The lowest BCUT2D eigenvalue weighted by Crippen LogP contribution is -2.21. The van der Waals surface area contributed by atoms with E-state index >= 15 is 0 Å². The molecule has 0 aliphatic heterocycles. The molecule has 0 spiro atoms. The second-order valence-corrected chi connectivity index (χ2v) is 3.73. The second kappa shape index (κ2) is 5.88. The van der Waals surface area contributed by atoms with E-state index in [1.54, 1.807) is 7.11 Å². The standard InChI is InChI=1S/C11H21N3O/c1-5-12-6-11-7-13-10(3)14(11)8-9(2)15-4/h7,9,12H,5-6,8H2,1-4H3. The van der Waals surface area contributed by atoms with Gasteiger partial charge in [-0.3, -0.25) is 0 Å². The van der Waals surface area contributed by atoms with Crippen molar-refractivity contribution < 1.29 is 4.74 Å². The third-order valence-corrected chi connectivity index (χ3v) is 2.54. The fourth-order valence-corrected chi connectivity index (χ4v) is 1.49. The summed E-state index contributed by atoms with van der Waals surface area (Å²) < 4.78 is 7.47. The summed E-state index contributed by atoms with van der Waals surface area (Å²) in [5.41, 5.74) is 1.22. The van der Waals surface area contributed by atoms with E-state index in [0.717, 1.165) is 25.5 Å². The van der Waals surface area contributed by atoms with E-state index in [9.17, 15) is 0 Å². The van der Waals surface area contributed by atoms with Crippen LogP contribution in [0.5, 0.6) is 0 Å². The Hall–Kier alpha value is -0.870. The molecule has 1 heterocycles. The van der Waals surface area contributed by atoms with Gasteiger partial charge in [-0.25, -0.2) is 4.98 Å². The SMILES string of the molecule is CCNCc1cnc(C)n1CC(C)OC. The highest BCUT2D eigenvalue weighted by Crippen LogP contribution is 2.07. The number of rotatable bonds is 6. The Bertz CT molecular complexity index is 296. The van der Waals surface area contributed by atoms with Crippen LogP contribution in [0.1, 0.15) is 25.4 Å². The molecule has 15 heavy (non-hydrogen) atoms. The van der Waals surface area contributed by atoms with Crippen LogP contribution in [-0.2, 0) is 17.8 Å². The number of aromatic nitrogens is 2. The van der Waals surface area contributed by atoms with Gasteiger partial charge in [0.25, 0.3) is 0 Å². The third kappa shape index (κ3) is 3.32. The molecule has 4 nitrogen and oxygen atoms in total. The predicted octanol–water partition coefficient (Wildman–Crippen LogP) is 1.34. The van der Waals surface area contributed by atoms with E-state index < -0.39 is 0 Å². The van der Waals surface area contributed by atoms with Crippen LogP contribution in [0.3, 0.4) is 0 Å². The Morgan fingerprint density at radius 1 is 1.60 bits per heavy atom. The van der Waals surface area contributed by atoms with Gasteiger partial charge in [-0.2, -0.15) is 0 Å². The second-order valence-electron chi connectivity index (χ2n) is 3.73. The summed E-state index contributed by atoms with van der Waals surface area (Å²) in [5.74, 6) is 1.05. The highest BCUT2D eigenvalue weighted by molar-refractivity contribution is 5.04. The summed E-state index contributed by atoms with van der Waals surface area (Å²) >= 11 is 0. The lowest BCUT2D eigenvalue weighted by Gasteiger charge is -2.15. The minimum Gasteiger partial charge on any atom is -0.380 e. The smallest absolute Gasteiger partial charge is 0.105 e. The zero-order valence-corrected chi connectivity index (χ0v) is 10.1. The van der Waals surface area contributed by atoms with E-state index in [-0.39, 0.29) is 6.10 Å². The largest absolute Gasteiger partial charge is 0.380 e. The lowest BCUT2D eigenvalue weighted by molar-refractivity contribution is 0.102. The minimum atomic E-state index is 0.221. The van der Waals surface area contributed by atoms with Crippen LogP contribution < -0.4 is 5.32 Å². The lowest BCUT2D eigenvalue weighted by atomic mass is 10.3. The molecular weight excluding hydrogens is 190 g/mol. The molecule has 0 amide bonds. The third-order valence-electron chi connectivity index (χ3n) is 2.54. The average molecular weight is 211 g/mol. The van der Waals surface area contributed by atoms with Gasteiger partial charge < -0.3 is 14.6 Å². The maximum absolute atomic E-state index is 5.27. The van der Waals surface area contributed by atoms with Crippen molar-refractivity contribution in [3.8, 4) is 0 Å². The molecule has 1 unspecified atom stereocenters. The first kappa shape index (κ1) is 12.2. The summed E-state index contributed by atoms with van der Waals surface area (Å²) in [7, 11) is 1.74. The Kier molecular flexibility index (Phi) is 4.78. The number of nitrogens with one attached hydrogen (secondary N) is 1. The Morgan fingerprint density at radius 2 is 2.33 bits per heavy atom. The van der Waals surface area contributed by atoms with Crippen molar-refractivity contribution in [2.24, 2.45) is 0 Å². The fourth-order valence-electron chi connectivity index (χ4n) is 1.49. The molecule has 1 rings (SSSR count). The number of methoxy groups -OCH3 is 1. The molecule has 0 bridgehead atoms. The Balaban J connectivity index is 2.70. The van der Waals surface area contributed by atoms with E-state index in [2.05, 4.69) is 28.7 Å². The van der Waals surface area contributed by atoms with Crippen LogP contribution in [0.2, 0.25) is 0 Å². The number of imidazole rings is 1. The van der Waals surface area contributed by atoms with Crippen LogP contribution in [0.15, 0.2) is 6.20 Å². The van der Waals surface area contributed by atoms with Crippen molar-refractivity contribution in [2.75, 3.05) is 13.7 Å². The number of nitrogens with zero attached hydrogens (tertiary/aromatic N) is 2. The van der Waals surface area contributed by atoms with Gasteiger partial charge in [0, 0.05) is 19.9 Å². The normalized spacial score (nSPS) is 13.1. The quantitative estimate of drug-likeness (QED) is 0.771. The van der Waals surface area contributed by atoms with Gasteiger partial charge in [-0.1, -0.05) is 6.92 Å². The minimum absolute atomic E-state index is 0.221. The van der Waals surface area contributed by atoms with Crippen LogP contribution in [-0.4, -0.2) is 29.3 Å². The van der Waals surface area contributed by atoms with Crippen LogP contribution >= 0.6 is 0 Å². The number of hydrogen-bond acceptors (Lipinski definition) is 3. The van der Waals surface area contributed by atoms with E-state index in [0.29, 0.717) is 0 Å². The molecule has 4 heteroatoms. The Labute approximate surface area is 91.7 Å². The van der Waals surface area contributed by atoms with Crippen LogP contribution in [0, 0.1) is 6.92 Å². The molecule has 0 aliphatic rings. The predicted molar refractivity (Wildman–Crippen MR) is 60.8 cm³/mol. The van der Waals surface area contributed by atoms with Gasteiger partial charge >= 0.3 is 0 Å². The van der Waals surface area contributed by atoms with Gasteiger partial charge in [0.2, 0.25) is 0 Å². The first-order chi connectivity index (χ1) is 7.19. The van der Waals surface area contributed by atoms with Gasteiger partial charge in [0.1, 0.15) is 5.82 Å². The average Bonchev–Trinajstić information content (AvgIpc) is 2.57. The number of aryl methyl sites for hydroxylation is 1. The number of hydrogen-bond donors (Lipinski definition) is 1. The zero-order valence-electron chi connectivity index (χ0n) is 10.1.